The van der Waals surface area contributed by atoms with Gasteiger partial charge in [0.05, 0.1) is 11.4 Å². The molecule has 4 heterocycles. The highest BCUT2D eigenvalue weighted by atomic mass is 16.2. The summed E-state index contributed by atoms with van der Waals surface area (Å²) in [5.74, 6) is -0.0612. The van der Waals surface area contributed by atoms with Crippen LogP contribution in [-0.2, 0) is 20.7 Å². The first-order chi connectivity index (χ1) is 27.8. The Hall–Kier alpha value is -7.34. The molecule has 5 aliphatic rings. The summed E-state index contributed by atoms with van der Waals surface area (Å²) >= 11 is 0. The third-order valence-corrected chi connectivity index (χ3v) is 11.1. The van der Waals surface area contributed by atoms with Gasteiger partial charge in [0, 0.05) is 23.5 Å². The minimum atomic E-state index is -1.27. The molecule has 11 rings (SSSR count). The summed E-state index contributed by atoms with van der Waals surface area (Å²) in [5.41, 5.74) is 9.51. The van der Waals surface area contributed by atoms with Crippen molar-refractivity contribution >= 4 is 23.9 Å². The summed E-state index contributed by atoms with van der Waals surface area (Å²) in [6, 6.07) is 28.7. The van der Waals surface area contributed by atoms with E-state index in [1.54, 1.807) is 12.4 Å². The van der Waals surface area contributed by atoms with Gasteiger partial charge in [-0.15, -0.1) is 0 Å². The maximum Gasteiger partial charge on any atom is 0.322 e. The topological polar surface area (TPSA) is 174 Å². The molecule has 6 amide bonds. The van der Waals surface area contributed by atoms with Gasteiger partial charge >= 0.3 is 12.1 Å². The molecule has 57 heavy (non-hydrogen) atoms. The number of aromatic amines is 2. The molecule has 1 unspecified atom stereocenters. The monoisotopic (exact) mass is 754 g/mol. The number of aromatic nitrogens is 4. The van der Waals surface area contributed by atoms with Crippen molar-refractivity contribution in [3.8, 4) is 44.8 Å². The molecular weight excluding hydrogens is 717 g/mol. The number of hydrogen-bond acceptors (Lipinski definition) is 6. The van der Waals surface area contributed by atoms with Crippen molar-refractivity contribution in [3.63, 3.8) is 0 Å². The van der Waals surface area contributed by atoms with E-state index >= 15 is 0 Å². The molecule has 3 aliphatic carbocycles. The molecule has 2 saturated heterocycles. The number of carbonyl (C=O) groups excluding carboxylic acids is 4. The zero-order valence-corrected chi connectivity index (χ0v) is 31.1. The molecule has 12 heteroatoms. The molecule has 1 saturated carbocycles. The van der Waals surface area contributed by atoms with Crippen LogP contribution in [0.3, 0.4) is 0 Å². The number of nitrogens with zero attached hydrogens (tertiary/aromatic N) is 2. The van der Waals surface area contributed by atoms with E-state index in [0.717, 1.165) is 67.0 Å². The van der Waals surface area contributed by atoms with E-state index in [0.29, 0.717) is 5.92 Å². The highest BCUT2D eigenvalue weighted by Crippen LogP contribution is 2.52. The molecule has 282 valence electrons. The van der Waals surface area contributed by atoms with Crippen LogP contribution in [0.25, 0.3) is 44.8 Å². The summed E-state index contributed by atoms with van der Waals surface area (Å²) in [5, 5.41) is 24.5. The Morgan fingerprint density at radius 3 is 1.49 bits per heavy atom. The van der Waals surface area contributed by atoms with Crippen molar-refractivity contribution in [2.75, 3.05) is 0 Å². The van der Waals surface area contributed by atoms with Gasteiger partial charge in [0.2, 0.25) is 0 Å². The van der Waals surface area contributed by atoms with Crippen LogP contribution < -0.4 is 21.3 Å². The van der Waals surface area contributed by atoms with Gasteiger partial charge in [-0.05, 0) is 107 Å². The maximum absolute atomic E-state index is 13.1. The second-order valence-electron chi connectivity index (χ2n) is 14.5. The smallest absolute Gasteiger partial charge is 0.316 e. The standard InChI is InChI=1S/C21H14N6O2.C18H14N2O2.C6H10/c28-19-21(25-20(29)24-19)15-9-11(17-5-7-22-26-17)1-3-13(15)14-4-2-12(10-16(14)21)18-6-8-23-27-18;21-16-18(20-17(22)19-16)14-4-2-1-3-12(14)13-8-7-11(9-15(13)18)10-5-6-10;1-3-5-6-4-2/h1-10H,(H,22,26)(H,23,27)(H2,24,25,28,29);1-4,7-10H,5-6H2,(H2,19,20,21,22);3-6H,1-2H3/b;;5-3-,6-4-. The quantitative estimate of drug-likeness (QED) is 0.0814. The first-order valence-electron chi connectivity index (χ1n) is 18.8. The number of amides is 6. The molecule has 12 nitrogen and oxygen atoms in total. The minimum Gasteiger partial charge on any atom is -0.316 e. The lowest BCUT2D eigenvalue weighted by Crippen LogP contribution is -2.43. The van der Waals surface area contributed by atoms with Gasteiger partial charge in [-0.2, -0.15) is 10.2 Å². The molecule has 6 aromatic rings. The number of fused-ring (bicyclic) bond motifs is 10. The Bertz CT molecular complexity index is 2560. The number of allylic oxidation sites excluding steroid dienone is 4. The van der Waals surface area contributed by atoms with E-state index in [-0.39, 0.29) is 11.8 Å². The lowest BCUT2D eigenvalue weighted by molar-refractivity contribution is -0.123. The van der Waals surface area contributed by atoms with Crippen molar-refractivity contribution in [2.45, 2.75) is 43.7 Å². The third kappa shape index (κ3) is 5.67. The lowest BCUT2D eigenvalue weighted by atomic mass is 9.86. The molecule has 6 N–H and O–H groups in total. The van der Waals surface area contributed by atoms with E-state index in [4.69, 9.17) is 0 Å². The third-order valence-electron chi connectivity index (χ3n) is 11.1. The predicted octanol–water partition coefficient (Wildman–Crippen LogP) is 7.30. The van der Waals surface area contributed by atoms with Crippen LogP contribution in [-0.4, -0.2) is 44.3 Å². The maximum atomic E-state index is 13.1. The van der Waals surface area contributed by atoms with Crippen LogP contribution >= 0.6 is 0 Å². The fourth-order valence-electron chi connectivity index (χ4n) is 8.35. The summed E-state index contributed by atoms with van der Waals surface area (Å²) in [7, 11) is 0. The average Bonchev–Trinajstić information content (AvgIpc) is 3.72. The van der Waals surface area contributed by atoms with Crippen LogP contribution in [0.5, 0.6) is 0 Å². The van der Waals surface area contributed by atoms with Gasteiger partial charge in [0.1, 0.15) is 0 Å². The van der Waals surface area contributed by atoms with Crippen LogP contribution in [0.4, 0.5) is 9.59 Å². The second-order valence-corrected chi connectivity index (χ2v) is 14.5. The second kappa shape index (κ2) is 13.7. The fraction of sp³-hybridized carbons (Fsp3) is 0.156. The van der Waals surface area contributed by atoms with Crippen molar-refractivity contribution < 1.29 is 19.2 Å². The van der Waals surface area contributed by atoms with Gasteiger partial charge in [-0.3, -0.25) is 30.4 Å². The van der Waals surface area contributed by atoms with E-state index in [2.05, 4.69) is 59.9 Å². The van der Waals surface area contributed by atoms with Gasteiger partial charge < -0.3 is 10.6 Å². The molecule has 4 aromatic carbocycles. The highest BCUT2D eigenvalue weighted by molar-refractivity contribution is 6.14. The van der Waals surface area contributed by atoms with Gasteiger partial charge in [-0.1, -0.05) is 91.0 Å². The van der Waals surface area contributed by atoms with Gasteiger partial charge in [-0.25, -0.2) is 9.59 Å². The SMILES string of the molecule is C/C=C\C=C/C.O=C1NC(=O)C2(N1)c1cc(-c3ccn[nH]3)ccc1-c1ccc(-c3ccn[nH]3)cc12.O=C1NC(=O)C2(N1)c1ccccc1-c1ccc(C3CC3)cc12. The molecular formula is C45H38N8O4. The Morgan fingerprint density at radius 2 is 1.04 bits per heavy atom. The van der Waals surface area contributed by atoms with Crippen LogP contribution in [0.15, 0.2) is 128 Å². The number of hydrogen-bond donors (Lipinski definition) is 6. The predicted molar refractivity (Wildman–Crippen MR) is 215 cm³/mol. The van der Waals surface area contributed by atoms with Gasteiger partial charge in [0.15, 0.2) is 11.1 Å². The summed E-state index contributed by atoms with van der Waals surface area (Å²) in [6.45, 7) is 4.00. The molecule has 2 aliphatic heterocycles. The lowest BCUT2D eigenvalue weighted by Gasteiger charge is -2.24. The van der Waals surface area contributed by atoms with E-state index in [1.165, 1.54) is 18.4 Å². The van der Waals surface area contributed by atoms with Crippen molar-refractivity contribution in [2.24, 2.45) is 0 Å². The number of nitrogens with one attached hydrogen (secondary N) is 6. The van der Waals surface area contributed by atoms with Gasteiger partial charge in [0.25, 0.3) is 11.8 Å². The molecule has 0 radical (unpaired) electrons. The van der Waals surface area contributed by atoms with E-state index in [9.17, 15) is 19.2 Å². The van der Waals surface area contributed by atoms with Crippen molar-refractivity contribution in [3.05, 3.63) is 156 Å². The van der Waals surface area contributed by atoms with Crippen molar-refractivity contribution in [1.82, 2.24) is 41.7 Å². The molecule has 1 atom stereocenters. The Balaban J connectivity index is 0.000000134. The number of rotatable bonds is 4. The number of H-pyrrole nitrogens is 2. The zero-order valence-electron chi connectivity index (χ0n) is 31.1. The Morgan fingerprint density at radius 1 is 0.561 bits per heavy atom. The van der Waals surface area contributed by atoms with Crippen molar-refractivity contribution in [1.29, 1.82) is 0 Å². The number of carbonyl (C=O) groups is 4. The zero-order chi connectivity index (χ0) is 39.3. The van der Waals surface area contributed by atoms with Crippen LogP contribution in [0.2, 0.25) is 0 Å². The summed E-state index contributed by atoms with van der Waals surface area (Å²) < 4.78 is 0. The Kier molecular flexibility index (Phi) is 8.53. The summed E-state index contributed by atoms with van der Waals surface area (Å²) in [4.78, 5) is 49.7. The van der Waals surface area contributed by atoms with Crippen LogP contribution in [0, 0.1) is 0 Å². The fourth-order valence-corrected chi connectivity index (χ4v) is 8.35. The van der Waals surface area contributed by atoms with Crippen LogP contribution in [0.1, 0.15) is 60.4 Å². The minimum absolute atomic E-state index is 0.281. The summed E-state index contributed by atoms with van der Waals surface area (Å²) in [6.07, 6.45) is 13.8. The molecule has 2 spiro atoms. The molecule has 0 bridgehead atoms. The van der Waals surface area contributed by atoms with E-state index < -0.39 is 23.1 Å². The normalized spacial score (nSPS) is 18.9. The largest absolute Gasteiger partial charge is 0.322 e. The molecule has 3 fully saturated rings. The Labute approximate surface area is 327 Å². The number of benzene rings is 4. The average molecular weight is 755 g/mol. The first-order valence-corrected chi connectivity index (χ1v) is 18.8. The highest BCUT2D eigenvalue weighted by Gasteiger charge is 2.56. The molecule has 2 aromatic heterocycles. The number of urea groups is 2. The first kappa shape index (κ1) is 35.4. The van der Waals surface area contributed by atoms with E-state index in [1.807, 2.05) is 111 Å². The number of imide groups is 2.